The molecule has 0 atom stereocenters. The maximum atomic E-state index is 10.8. The summed E-state index contributed by atoms with van der Waals surface area (Å²) in [5.74, 6) is 0.0308. The standard InChI is InChI=1S/C23H26N2O3/c1-4-18-5-9-20(10-6-18)25-21(13-14-24-25)15-28-22-11-7-19(8-12-23(26)27)16(2)17(22)3/h5-7,9-11,13-14H,4,8,12,15H2,1-3H3,(H,26,27). The average molecular weight is 378 g/mol. The number of rotatable bonds is 8. The van der Waals surface area contributed by atoms with Crippen LogP contribution in [0.2, 0.25) is 0 Å². The van der Waals surface area contributed by atoms with E-state index in [9.17, 15) is 4.79 Å². The van der Waals surface area contributed by atoms with E-state index in [1.165, 1.54) is 5.56 Å². The van der Waals surface area contributed by atoms with Gasteiger partial charge in [0.25, 0.3) is 0 Å². The number of aliphatic carboxylic acids is 1. The highest BCUT2D eigenvalue weighted by atomic mass is 16.5. The van der Waals surface area contributed by atoms with E-state index in [0.717, 1.165) is 40.2 Å². The topological polar surface area (TPSA) is 64.4 Å². The molecule has 1 heterocycles. The van der Waals surface area contributed by atoms with Crippen LogP contribution in [0.4, 0.5) is 0 Å². The van der Waals surface area contributed by atoms with Crippen molar-refractivity contribution in [1.82, 2.24) is 9.78 Å². The van der Waals surface area contributed by atoms with Crippen LogP contribution in [0.3, 0.4) is 0 Å². The number of benzene rings is 2. The van der Waals surface area contributed by atoms with Crippen LogP contribution in [0.5, 0.6) is 5.75 Å². The van der Waals surface area contributed by atoms with Gasteiger partial charge in [0.1, 0.15) is 12.4 Å². The van der Waals surface area contributed by atoms with Crippen molar-refractivity contribution in [2.75, 3.05) is 0 Å². The zero-order valence-corrected chi connectivity index (χ0v) is 16.6. The molecular formula is C23H26N2O3. The normalized spacial score (nSPS) is 10.8. The van der Waals surface area contributed by atoms with Crippen LogP contribution in [0.25, 0.3) is 5.69 Å². The SMILES string of the molecule is CCc1ccc(-n2nccc2COc2ccc(CCC(=O)O)c(C)c2C)cc1. The number of carboxylic acid groups (broad SMARTS) is 1. The maximum absolute atomic E-state index is 10.8. The minimum absolute atomic E-state index is 0.135. The van der Waals surface area contributed by atoms with Crippen molar-refractivity contribution >= 4 is 5.97 Å². The molecule has 0 aliphatic carbocycles. The molecule has 0 fully saturated rings. The molecule has 5 nitrogen and oxygen atoms in total. The van der Waals surface area contributed by atoms with Crippen LogP contribution in [-0.2, 0) is 24.2 Å². The molecule has 3 rings (SSSR count). The fourth-order valence-electron chi connectivity index (χ4n) is 3.22. The van der Waals surface area contributed by atoms with Crippen LogP contribution in [0.15, 0.2) is 48.7 Å². The number of hydrogen-bond donors (Lipinski definition) is 1. The smallest absolute Gasteiger partial charge is 0.303 e. The second-order valence-corrected chi connectivity index (χ2v) is 6.91. The summed E-state index contributed by atoms with van der Waals surface area (Å²) >= 11 is 0. The minimum Gasteiger partial charge on any atom is -0.487 e. The molecule has 2 aromatic carbocycles. The Kier molecular flexibility index (Phi) is 6.14. The van der Waals surface area contributed by atoms with Gasteiger partial charge in [-0.3, -0.25) is 4.79 Å². The molecule has 0 saturated heterocycles. The summed E-state index contributed by atoms with van der Waals surface area (Å²) in [6.45, 7) is 6.57. The van der Waals surface area contributed by atoms with Gasteiger partial charge in [-0.05, 0) is 73.2 Å². The Labute approximate surface area is 165 Å². The number of carbonyl (C=O) groups is 1. The molecule has 0 spiro atoms. The lowest BCUT2D eigenvalue weighted by molar-refractivity contribution is -0.136. The summed E-state index contributed by atoms with van der Waals surface area (Å²) in [5, 5.41) is 13.3. The first-order chi connectivity index (χ1) is 13.5. The molecule has 1 aromatic heterocycles. The van der Waals surface area contributed by atoms with Gasteiger partial charge in [0.2, 0.25) is 0 Å². The molecule has 0 aliphatic rings. The number of hydrogen-bond acceptors (Lipinski definition) is 3. The molecule has 0 aliphatic heterocycles. The largest absolute Gasteiger partial charge is 0.487 e. The van der Waals surface area contributed by atoms with Crippen LogP contribution in [0, 0.1) is 13.8 Å². The Balaban J connectivity index is 1.73. The predicted octanol–water partition coefficient (Wildman–Crippen LogP) is 4.65. The average Bonchev–Trinajstić information content (AvgIpc) is 3.17. The molecule has 0 bridgehead atoms. The Bertz CT molecular complexity index is 958. The van der Waals surface area contributed by atoms with Gasteiger partial charge in [-0.25, -0.2) is 4.68 Å². The van der Waals surface area contributed by atoms with Crippen molar-refractivity contribution in [3.8, 4) is 11.4 Å². The Morgan fingerprint density at radius 2 is 1.82 bits per heavy atom. The Morgan fingerprint density at radius 3 is 2.50 bits per heavy atom. The molecule has 0 saturated carbocycles. The number of ether oxygens (including phenoxy) is 1. The molecule has 0 amide bonds. The number of carboxylic acids is 1. The van der Waals surface area contributed by atoms with Crippen LogP contribution < -0.4 is 4.74 Å². The van der Waals surface area contributed by atoms with Crippen LogP contribution >= 0.6 is 0 Å². The summed E-state index contributed by atoms with van der Waals surface area (Å²) in [5.41, 5.74) is 6.45. The molecular weight excluding hydrogens is 352 g/mol. The van der Waals surface area contributed by atoms with E-state index < -0.39 is 5.97 Å². The van der Waals surface area contributed by atoms with Gasteiger partial charge >= 0.3 is 5.97 Å². The Morgan fingerprint density at radius 1 is 1.07 bits per heavy atom. The first kappa shape index (κ1) is 19.7. The zero-order valence-electron chi connectivity index (χ0n) is 16.6. The van der Waals surface area contributed by atoms with Gasteiger partial charge in [-0.15, -0.1) is 0 Å². The highest BCUT2D eigenvalue weighted by Crippen LogP contribution is 2.26. The number of aromatic nitrogens is 2. The van der Waals surface area contributed by atoms with E-state index in [4.69, 9.17) is 9.84 Å². The van der Waals surface area contributed by atoms with Crippen LogP contribution in [-0.4, -0.2) is 20.9 Å². The van der Waals surface area contributed by atoms with Gasteiger partial charge in [0, 0.05) is 12.6 Å². The minimum atomic E-state index is -0.780. The second kappa shape index (κ2) is 8.74. The van der Waals surface area contributed by atoms with E-state index in [1.807, 2.05) is 36.7 Å². The van der Waals surface area contributed by atoms with Crippen molar-refractivity contribution in [1.29, 1.82) is 0 Å². The highest BCUT2D eigenvalue weighted by Gasteiger charge is 2.11. The quantitative estimate of drug-likeness (QED) is 0.620. The van der Waals surface area contributed by atoms with Gasteiger partial charge in [-0.2, -0.15) is 5.10 Å². The third-order valence-electron chi connectivity index (χ3n) is 5.14. The van der Waals surface area contributed by atoms with Gasteiger partial charge < -0.3 is 9.84 Å². The van der Waals surface area contributed by atoms with Gasteiger partial charge in [0.15, 0.2) is 0 Å². The zero-order chi connectivity index (χ0) is 20.1. The molecule has 1 N–H and O–H groups in total. The third kappa shape index (κ3) is 4.42. The maximum Gasteiger partial charge on any atom is 0.303 e. The lowest BCUT2D eigenvalue weighted by Gasteiger charge is -2.15. The lowest BCUT2D eigenvalue weighted by Crippen LogP contribution is -2.07. The predicted molar refractivity (Wildman–Crippen MR) is 109 cm³/mol. The van der Waals surface area contributed by atoms with Gasteiger partial charge in [0.05, 0.1) is 11.4 Å². The number of nitrogens with zero attached hydrogens (tertiary/aromatic N) is 2. The van der Waals surface area contributed by atoms with Crippen molar-refractivity contribution in [3.63, 3.8) is 0 Å². The van der Waals surface area contributed by atoms with E-state index >= 15 is 0 Å². The van der Waals surface area contributed by atoms with Crippen molar-refractivity contribution in [2.45, 2.75) is 46.6 Å². The van der Waals surface area contributed by atoms with Crippen LogP contribution in [0.1, 0.15) is 41.3 Å². The summed E-state index contributed by atoms with van der Waals surface area (Å²) in [4.78, 5) is 10.8. The summed E-state index contributed by atoms with van der Waals surface area (Å²) < 4.78 is 7.96. The monoisotopic (exact) mass is 378 g/mol. The first-order valence-corrected chi connectivity index (χ1v) is 9.55. The van der Waals surface area contributed by atoms with Gasteiger partial charge in [-0.1, -0.05) is 25.1 Å². The van der Waals surface area contributed by atoms with Crippen molar-refractivity contribution in [2.24, 2.45) is 0 Å². The van der Waals surface area contributed by atoms with E-state index in [0.29, 0.717) is 13.0 Å². The highest BCUT2D eigenvalue weighted by molar-refractivity contribution is 5.67. The number of aryl methyl sites for hydroxylation is 2. The summed E-state index contributed by atoms with van der Waals surface area (Å²) in [7, 11) is 0. The summed E-state index contributed by atoms with van der Waals surface area (Å²) in [6.07, 6.45) is 3.45. The van der Waals surface area contributed by atoms with E-state index in [1.54, 1.807) is 6.20 Å². The fraction of sp³-hybridized carbons (Fsp3) is 0.304. The molecule has 28 heavy (non-hydrogen) atoms. The molecule has 3 aromatic rings. The molecule has 0 radical (unpaired) electrons. The van der Waals surface area contributed by atoms with E-state index in [2.05, 4.69) is 36.3 Å². The first-order valence-electron chi connectivity index (χ1n) is 9.55. The molecule has 5 heteroatoms. The van der Waals surface area contributed by atoms with E-state index in [-0.39, 0.29) is 6.42 Å². The second-order valence-electron chi connectivity index (χ2n) is 6.91. The Hall–Kier alpha value is -3.08. The summed E-state index contributed by atoms with van der Waals surface area (Å²) in [6, 6.07) is 14.2. The van der Waals surface area contributed by atoms with Crippen molar-refractivity contribution < 1.29 is 14.6 Å². The fourth-order valence-corrected chi connectivity index (χ4v) is 3.22. The van der Waals surface area contributed by atoms with Crippen molar-refractivity contribution in [3.05, 3.63) is 76.6 Å². The molecule has 146 valence electrons. The lowest BCUT2D eigenvalue weighted by atomic mass is 9.99. The third-order valence-corrected chi connectivity index (χ3v) is 5.14. The molecule has 0 unspecified atom stereocenters.